The van der Waals surface area contributed by atoms with E-state index in [1.54, 1.807) is 0 Å². The Morgan fingerprint density at radius 3 is 1.94 bits per heavy atom. The first-order valence-electron chi connectivity index (χ1n) is 12.8. The first-order chi connectivity index (χ1) is 15.7. The fraction of sp³-hybridized carbons (Fsp3) is 0.438. The van der Waals surface area contributed by atoms with Crippen LogP contribution < -0.4 is 0 Å². The zero-order valence-electron chi connectivity index (χ0n) is 22.7. The van der Waals surface area contributed by atoms with Crippen LogP contribution in [0.3, 0.4) is 0 Å². The number of aryl methyl sites for hydroxylation is 2. The van der Waals surface area contributed by atoms with Crippen molar-refractivity contribution >= 4 is 11.4 Å². The van der Waals surface area contributed by atoms with Crippen molar-refractivity contribution in [3.8, 4) is 0 Å². The Hall–Kier alpha value is -1.99. The van der Waals surface area contributed by atoms with Gasteiger partial charge < -0.3 is 20.4 Å². The second-order valence-electron chi connectivity index (χ2n) is 9.13. The molecular formula is C32H46N2Ni. The Bertz CT molecular complexity index is 954. The van der Waals surface area contributed by atoms with Crippen molar-refractivity contribution < 1.29 is 21.2 Å². The van der Waals surface area contributed by atoms with E-state index in [9.17, 15) is 5.53 Å². The molecule has 35 heavy (non-hydrogen) atoms. The molecule has 1 aliphatic heterocycles. The first kappa shape index (κ1) is 33.0. The molecule has 2 aromatic carbocycles. The largest absolute Gasteiger partial charge is 2.00 e. The number of benzene rings is 2. The Morgan fingerprint density at radius 2 is 1.29 bits per heavy atom. The third kappa shape index (κ3) is 9.19. The van der Waals surface area contributed by atoms with Gasteiger partial charge in [-0.05, 0) is 73.9 Å². The van der Waals surface area contributed by atoms with E-state index >= 15 is 0 Å². The molecule has 2 aromatic rings. The Morgan fingerprint density at radius 1 is 0.657 bits per heavy atom. The van der Waals surface area contributed by atoms with Crippen LogP contribution >= 0.6 is 0 Å². The van der Waals surface area contributed by atoms with Gasteiger partial charge in [0.05, 0.1) is 0 Å². The molecule has 0 bridgehead atoms. The summed E-state index contributed by atoms with van der Waals surface area (Å²) in [4.78, 5) is 0. The van der Waals surface area contributed by atoms with Gasteiger partial charge in [0.15, 0.2) is 0 Å². The topological polar surface area (TPSA) is 25.3 Å². The number of unbranched alkanes of at least 4 members (excludes halogenated alkanes) is 5. The van der Waals surface area contributed by atoms with Gasteiger partial charge in [-0.1, -0.05) is 77.1 Å². The third-order valence-corrected chi connectivity index (χ3v) is 6.44. The second-order valence-corrected chi connectivity index (χ2v) is 9.13. The zero-order valence-corrected chi connectivity index (χ0v) is 23.7. The maximum atomic E-state index is 11.3. The van der Waals surface area contributed by atoms with Gasteiger partial charge in [-0.2, -0.15) is 0 Å². The number of nitrogens with zero attached hydrogens (tertiary/aromatic N) is 2. The molecule has 0 unspecified atom stereocenters. The molecule has 3 rings (SSSR count). The standard InChI is InChI=1S/C30H40N2.2CH3.Ni/c1-4-7-10-11-14-25-15-12-17-27(22-25)30-28(16-9-6-3)23-29(32(30)31)26-20-18-24(19-21-26)13-8-5-2;;;/h12,15,17-23H,4-11,13-14,16H2,1-3H3;2*1H3;/q;2*-1;+2. The van der Waals surface area contributed by atoms with Gasteiger partial charge in [0.2, 0.25) is 11.4 Å². The van der Waals surface area contributed by atoms with Crippen molar-refractivity contribution in [1.29, 1.82) is 0 Å². The average Bonchev–Trinajstić information content (AvgIpc) is 3.15. The van der Waals surface area contributed by atoms with E-state index in [0.29, 0.717) is 0 Å². The predicted octanol–water partition coefficient (Wildman–Crippen LogP) is 10.0. The van der Waals surface area contributed by atoms with E-state index in [0.717, 1.165) is 54.6 Å². The minimum atomic E-state index is 0. The molecular weight excluding hydrogens is 471 g/mol. The fourth-order valence-electron chi connectivity index (χ4n) is 4.48. The fourth-order valence-corrected chi connectivity index (χ4v) is 4.48. The Balaban J connectivity index is 0.00000385. The van der Waals surface area contributed by atoms with Crippen LogP contribution in [0.1, 0.15) is 101 Å². The van der Waals surface area contributed by atoms with Crippen LogP contribution in [0, 0.1) is 14.9 Å². The van der Waals surface area contributed by atoms with Crippen LogP contribution in [-0.4, -0.2) is 4.70 Å². The minimum absolute atomic E-state index is 0. The average molecular weight is 517 g/mol. The number of rotatable bonds is 13. The van der Waals surface area contributed by atoms with Crippen molar-refractivity contribution in [2.45, 2.75) is 91.4 Å². The van der Waals surface area contributed by atoms with Crippen molar-refractivity contribution in [1.82, 2.24) is 0 Å². The molecule has 0 fully saturated rings. The van der Waals surface area contributed by atoms with Crippen molar-refractivity contribution in [2.75, 3.05) is 0 Å². The van der Waals surface area contributed by atoms with Crippen LogP contribution in [0.25, 0.3) is 16.9 Å². The molecule has 0 spiro atoms. The van der Waals surface area contributed by atoms with E-state index < -0.39 is 0 Å². The quantitative estimate of drug-likeness (QED) is 0.109. The summed E-state index contributed by atoms with van der Waals surface area (Å²) in [5, 5.41) is 0. The molecule has 0 aliphatic carbocycles. The summed E-state index contributed by atoms with van der Waals surface area (Å²) in [7, 11) is 0. The normalized spacial score (nSPS) is 12.5. The van der Waals surface area contributed by atoms with Crippen molar-refractivity contribution in [2.24, 2.45) is 0 Å². The summed E-state index contributed by atoms with van der Waals surface area (Å²) < 4.78 is 1.43. The SMILES string of the molecule is CCCCCCc1cccc(C2=C(CCCC)C=C(c3ccc(CCCC)cc3)[N+]2=[N-])c1.[CH3-].[CH3-].[Ni+2]. The van der Waals surface area contributed by atoms with Crippen LogP contribution in [0.15, 0.2) is 60.2 Å². The predicted molar refractivity (Wildman–Crippen MR) is 150 cm³/mol. The van der Waals surface area contributed by atoms with Crippen molar-refractivity contribution in [3.63, 3.8) is 0 Å². The number of hydrogen-bond acceptors (Lipinski definition) is 0. The first-order valence-corrected chi connectivity index (χ1v) is 12.8. The molecule has 194 valence electrons. The summed E-state index contributed by atoms with van der Waals surface area (Å²) in [6, 6.07) is 17.5. The molecule has 3 heteroatoms. The second kappa shape index (κ2) is 17.4. The monoisotopic (exact) mass is 516 g/mol. The van der Waals surface area contributed by atoms with Crippen LogP contribution in [0.4, 0.5) is 0 Å². The Labute approximate surface area is 226 Å². The molecule has 0 aromatic heterocycles. The van der Waals surface area contributed by atoms with E-state index in [4.69, 9.17) is 0 Å². The molecule has 1 heterocycles. The minimum Gasteiger partial charge on any atom is -0.493 e. The molecule has 0 atom stereocenters. The van der Waals surface area contributed by atoms with Gasteiger partial charge in [-0.25, -0.2) is 4.70 Å². The van der Waals surface area contributed by atoms with E-state index in [1.165, 1.54) is 59.9 Å². The maximum absolute atomic E-state index is 11.3. The molecule has 2 nitrogen and oxygen atoms in total. The molecule has 0 N–H and O–H groups in total. The van der Waals surface area contributed by atoms with Gasteiger partial charge in [0, 0.05) is 22.8 Å². The van der Waals surface area contributed by atoms with E-state index in [1.807, 2.05) is 0 Å². The summed E-state index contributed by atoms with van der Waals surface area (Å²) in [5.41, 5.74) is 19.3. The molecule has 1 aliphatic rings. The van der Waals surface area contributed by atoms with Crippen LogP contribution in [-0.2, 0) is 29.3 Å². The Kier molecular flexibility index (Phi) is 16.5. The van der Waals surface area contributed by atoms with Crippen molar-refractivity contribution in [3.05, 3.63) is 103 Å². The third-order valence-electron chi connectivity index (χ3n) is 6.44. The smallest absolute Gasteiger partial charge is 0.493 e. The van der Waals surface area contributed by atoms with E-state index in [2.05, 4.69) is 75.4 Å². The molecule has 0 amide bonds. The van der Waals surface area contributed by atoms with Crippen LogP contribution in [0.2, 0.25) is 0 Å². The zero-order chi connectivity index (χ0) is 22.8. The van der Waals surface area contributed by atoms with E-state index in [-0.39, 0.29) is 31.3 Å². The van der Waals surface area contributed by atoms with Gasteiger partial charge in [-0.15, -0.1) is 0 Å². The summed E-state index contributed by atoms with van der Waals surface area (Å²) in [6.45, 7) is 6.71. The summed E-state index contributed by atoms with van der Waals surface area (Å²) in [6.07, 6.45) is 15.2. The van der Waals surface area contributed by atoms with Crippen LogP contribution in [0.5, 0.6) is 0 Å². The molecule has 0 saturated heterocycles. The molecule has 0 saturated carbocycles. The maximum Gasteiger partial charge on any atom is 2.00 e. The van der Waals surface area contributed by atoms with Gasteiger partial charge in [0.1, 0.15) is 0 Å². The number of allylic oxidation sites excluding steroid dienone is 2. The van der Waals surface area contributed by atoms with Gasteiger partial charge in [0.25, 0.3) is 0 Å². The molecule has 0 radical (unpaired) electrons. The van der Waals surface area contributed by atoms with Gasteiger partial charge in [-0.3, -0.25) is 0 Å². The van der Waals surface area contributed by atoms with Gasteiger partial charge >= 0.3 is 16.5 Å². The number of hydrogen-bond donors (Lipinski definition) is 0. The summed E-state index contributed by atoms with van der Waals surface area (Å²) >= 11 is 0. The summed E-state index contributed by atoms with van der Waals surface area (Å²) in [5.74, 6) is 0.